The molecule has 0 heterocycles. The summed E-state index contributed by atoms with van der Waals surface area (Å²) in [6.45, 7) is 0. The first-order chi connectivity index (χ1) is 6.93. The smallest absolute Gasteiger partial charge is 0.356 e. The van der Waals surface area contributed by atoms with Crippen molar-refractivity contribution in [1.82, 2.24) is 0 Å². The minimum absolute atomic E-state index is 0.0592. The zero-order valence-electron chi connectivity index (χ0n) is 8.08. The van der Waals surface area contributed by atoms with Gasteiger partial charge in [-0.15, -0.1) is 0 Å². The Morgan fingerprint density at radius 2 is 1.87 bits per heavy atom. The van der Waals surface area contributed by atoms with Gasteiger partial charge in [0.2, 0.25) is 0 Å². The molecule has 6 heteroatoms. The van der Waals surface area contributed by atoms with E-state index in [0.717, 1.165) is 0 Å². The van der Waals surface area contributed by atoms with Crippen molar-refractivity contribution >= 4 is 18.9 Å². The van der Waals surface area contributed by atoms with Gasteiger partial charge in [0.15, 0.2) is 0 Å². The van der Waals surface area contributed by atoms with Crippen LogP contribution in [0.2, 0.25) is 0 Å². The minimum Gasteiger partial charge on any atom is -0.469 e. The Labute approximate surface area is 86.9 Å². The lowest BCUT2D eigenvalue weighted by Crippen LogP contribution is -2.07. The molecule has 0 radical (unpaired) electrons. The fourth-order valence-electron chi connectivity index (χ4n) is 1.05. The number of hydrogen-bond acceptors (Lipinski definition) is 3. The van der Waals surface area contributed by atoms with E-state index in [1.165, 1.54) is 31.4 Å². The molecular formula is C9H11O5P. The van der Waals surface area contributed by atoms with Crippen LogP contribution < -0.4 is 5.30 Å². The average Bonchev–Trinajstić information content (AvgIpc) is 2.17. The first kappa shape index (κ1) is 11.9. The Hall–Kier alpha value is -1.16. The summed E-state index contributed by atoms with van der Waals surface area (Å²) < 4.78 is 15.3. The van der Waals surface area contributed by atoms with Gasteiger partial charge in [0, 0.05) is 0 Å². The Morgan fingerprint density at radius 3 is 2.27 bits per heavy atom. The molecule has 0 aliphatic carbocycles. The molecular weight excluding hydrogens is 219 g/mol. The van der Waals surface area contributed by atoms with Crippen molar-refractivity contribution in [3.05, 3.63) is 29.8 Å². The molecule has 0 spiro atoms. The van der Waals surface area contributed by atoms with Gasteiger partial charge in [-0.1, -0.05) is 12.1 Å². The molecule has 5 nitrogen and oxygen atoms in total. The molecule has 2 N–H and O–H groups in total. The number of methoxy groups -OCH3 is 1. The molecule has 0 saturated heterocycles. The molecule has 0 fully saturated rings. The van der Waals surface area contributed by atoms with Crippen LogP contribution >= 0.6 is 7.60 Å². The lowest BCUT2D eigenvalue weighted by Gasteiger charge is -2.04. The summed E-state index contributed by atoms with van der Waals surface area (Å²) in [5.74, 6) is -0.390. The van der Waals surface area contributed by atoms with Crippen molar-refractivity contribution in [1.29, 1.82) is 0 Å². The van der Waals surface area contributed by atoms with E-state index in [0.29, 0.717) is 5.56 Å². The second-order valence-corrected chi connectivity index (χ2v) is 4.57. The van der Waals surface area contributed by atoms with Crippen LogP contribution in [0, 0.1) is 0 Å². The van der Waals surface area contributed by atoms with E-state index in [9.17, 15) is 9.36 Å². The Bertz CT molecular complexity index is 391. The van der Waals surface area contributed by atoms with Crippen molar-refractivity contribution in [2.45, 2.75) is 6.42 Å². The third-order valence-electron chi connectivity index (χ3n) is 1.85. The molecule has 0 bridgehead atoms. The van der Waals surface area contributed by atoms with E-state index in [-0.39, 0.29) is 17.7 Å². The number of carbonyl (C=O) groups excluding carboxylic acids is 1. The van der Waals surface area contributed by atoms with Crippen LogP contribution in [0.15, 0.2) is 24.3 Å². The molecule has 0 aliphatic heterocycles. The zero-order valence-corrected chi connectivity index (χ0v) is 8.98. The molecule has 0 atom stereocenters. The fraction of sp³-hybridized carbons (Fsp3) is 0.222. The summed E-state index contributed by atoms with van der Waals surface area (Å²) in [5, 5.41) is -0.0592. The Balaban J connectivity index is 2.82. The topological polar surface area (TPSA) is 83.8 Å². The predicted octanol–water partition coefficient (Wildman–Crippen LogP) is 0.205. The van der Waals surface area contributed by atoms with Crippen molar-refractivity contribution < 1.29 is 23.9 Å². The maximum absolute atomic E-state index is 10.9. The van der Waals surface area contributed by atoms with Gasteiger partial charge in [-0.3, -0.25) is 9.36 Å². The second kappa shape index (κ2) is 4.57. The third-order valence-corrected chi connectivity index (χ3v) is 2.82. The number of benzene rings is 1. The normalized spacial score (nSPS) is 11.1. The Morgan fingerprint density at radius 1 is 1.33 bits per heavy atom. The van der Waals surface area contributed by atoms with Gasteiger partial charge < -0.3 is 14.5 Å². The molecule has 15 heavy (non-hydrogen) atoms. The number of esters is 1. The standard InChI is InChI=1S/C9H11O5P/c1-14-9(10)6-7-2-4-8(5-3-7)15(11,12)13/h2-5H,6H2,1H3,(H2,11,12,13). The second-order valence-electron chi connectivity index (χ2n) is 2.96. The van der Waals surface area contributed by atoms with Crippen molar-refractivity contribution in [3.8, 4) is 0 Å². The van der Waals surface area contributed by atoms with Crippen molar-refractivity contribution in [2.75, 3.05) is 7.11 Å². The summed E-state index contributed by atoms with van der Waals surface area (Å²) >= 11 is 0. The van der Waals surface area contributed by atoms with Gasteiger partial charge in [0.1, 0.15) is 0 Å². The van der Waals surface area contributed by atoms with Crippen LogP contribution in [0.25, 0.3) is 0 Å². The summed E-state index contributed by atoms with van der Waals surface area (Å²) in [5.41, 5.74) is 0.652. The van der Waals surface area contributed by atoms with Crippen LogP contribution in [0.3, 0.4) is 0 Å². The highest BCUT2D eigenvalue weighted by Gasteiger charge is 2.16. The maximum atomic E-state index is 10.9. The van der Waals surface area contributed by atoms with E-state index < -0.39 is 7.60 Å². The van der Waals surface area contributed by atoms with E-state index in [2.05, 4.69) is 4.74 Å². The van der Waals surface area contributed by atoms with E-state index in [1.807, 2.05) is 0 Å². The van der Waals surface area contributed by atoms with Gasteiger partial charge in [-0.05, 0) is 17.7 Å². The van der Waals surface area contributed by atoms with Crippen LogP contribution in [0.1, 0.15) is 5.56 Å². The molecule has 1 rings (SSSR count). The summed E-state index contributed by atoms with van der Waals surface area (Å²) in [6, 6.07) is 5.59. The maximum Gasteiger partial charge on any atom is 0.356 e. The van der Waals surface area contributed by atoms with Crippen LogP contribution in [-0.2, 0) is 20.5 Å². The van der Waals surface area contributed by atoms with Gasteiger partial charge in [-0.25, -0.2) is 0 Å². The highest BCUT2D eigenvalue weighted by atomic mass is 31.2. The SMILES string of the molecule is COC(=O)Cc1ccc(P(=O)(O)O)cc1. The minimum atomic E-state index is -4.20. The summed E-state index contributed by atoms with van der Waals surface area (Å²) in [6.07, 6.45) is 0.0952. The predicted molar refractivity (Wildman–Crippen MR) is 53.8 cm³/mol. The summed E-state index contributed by atoms with van der Waals surface area (Å²) in [7, 11) is -2.91. The molecule has 0 aliphatic rings. The van der Waals surface area contributed by atoms with E-state index in [1.54, 1.807) is 0 Å². The largest absolute Gasteiger partial charge is 0.469 e. The molecule has 0 aromatic heterocycles. The first-order valence-corrected chi connectivity index (χ1v) is 5.76. The van der Waals surface area contributed by atoms with Gasteiger partial charge in [0.25, 0.3) is 0 Å². The number of carbonyl (C=O) groups is 1. The van der Waals surface area contributed by atoms with Gasteiger partial charge >= 0.3 is 13.6 Å². The van der Waals surface area contributed by atoms with E-state index >= 15 is 0 Å². The lowest BCUT2D eigenvalue weighted by molar-refractivity contribution is -0.139. The number of hydrogen-bond donors (Lipinski definition) is 2. The van der Waals surface area contributed by atoms with Crippen molar-refractivity contribution in [2.24, 2.45) is 0 Å². The molecule has 1 aromatic rings. The zero-order chi connectivity index (χ0) is 11.5. The lowest BCUT2D eigenvalue weighted by atomic mass is 10.2. The molecule has 0 saturated carbocycles. The first-order valence-electron chi connectivity index (χ1n) is 4.15. The average molecular weight is 230 g/mol. The molecule has 82 valence electrons. The van der Waals surface area contributed by atoms with Crippen LogP contribution in [0.4, 0.5) is 0 Å². The van der Waals surface area contributed by atoms with E-state index in [4.69, 9.17) is 9.79 Å². The number of ether oxygens (including phenoxy) is 1. The summed E-state index contributed by atoms with van der Waals surface area (Å²) in [4.78, 5) is 28.5. The van der Waals surface area contributed by atoms with Crippen LogP contribution in [-0.4, -0.2) is 22.9 Å². The molecule has 0 amide bonds. The Kier molecular flexibility index (Phi) is 3.63. The molecule has 1 aromatic carbocycles. The van der Waals surface area contributed by atoms with Gasteiger partial charge in [-0.2, -0.15) is 0 Å². The third kappa shape index (κ3) is 3.47. The highest BCUT2D eigenvalue weighted by molar-refractivity contribution is 7.60. The number of rotatable bonds is 3. The van der Waals surface area contributed by atoms with Gasteiger partial charge in [0.05, 0.1) is 18.8 Å². The quantitative estimate of drug-likeness (QED) is 0.572. The van der Waals surface area contributed by atoms with Crippen molar-refractivity contribution in [3.63, 3.8) is 0 Å². The highest BCUT2D eigenvalue weighted by Crippen LogP contribution is 2.32. The monoisotopic (exact) mass is 230 g/mol. The van der Waals surface area contributed by atoms with Crippen LogP contribution in [0.5, 0.6) is 0 Å². The fourth-order valence-corrected chi connectivity index (χ4v) is 1.58. The molecule has 0 unspecified atom stereocenters.